The van der Waals surface area contributed by atoms with E-state index >= 15 is 0 Å². The molecule has 0 saturated carbocycles. The van der Waals surface area contributed by atoms with Gasteiger partial charge in [0.15, 0.2) is 5.52 Å². The third-order valence-electron chi connectivity index (χ3n) is 2.91. The SMILES string of the molecule is Nc1ccc(O)c2c1cnn2OCc1ccccc1. The standard InChI is InChI=1S/C14H13N3O2/c15-12-6-7-13(18)14-11(12)8-16-17(14)19-9-10-4-2-1-3-5-10/h1-8,18H,9,15H2. The molecule has 2 aromatic carbocycles. The van der Waals surface area contributed by atoms with Gasteiger partial charge in [-0.25, -0.2) is 0 Å². The van der Waals surface area contributed by atoms with Gasteiger partial charge < -0.3 is 15.7 Å². The number of hydrogen-bond acceptors (Lipinski definition) is 4. The lowest BCUT2D eigenvalue weighted by molar-refractivity contribution is 0.0787. The summed E-state index contributed by atoms with van der Waals surface area (Å²) in [7, 11) is 0. The number of hydrogen-bond donors (Lipinski definition) is 2. The number of nitrogens with two attached hydrogens (primary N) is 1. The summed E-state index contributed by atoms with van der Waals surface area (Å²) in [5.74, 6) is 0.0924. The maximum absolute atomic E-state index is 9.87. The fourth-order valence-corrected chi connectivity index (χ4v) is 1.92. The van der Waals surface area contributed by atoms with Crippen LogP contribution in [0.3, 0.4) is 0 Å². The Kier molecular flexibility index (Phi) is 2.72. The van der Waals surface area contributed by atoms with Crippen LogP contribution in [0.4, 0.5) is 5.69 Å². The zero-order valence-electron chi connectivity index (χ0n) is 10.2. The van der Waals surface area contributed by atoms with Crippen molar-refractivity contribution in [2.45, 2.75) is 6.61 Å². The summed E-state index contributed by atoms with van der Waals surface area (Å²) in [6.45, 7) is 0.367. The van der Waals surface area contributed by atoms with Gasteiger partial charge in [0.1, 0.15) is 12.4 Å². The van der Waals surface area contributed by atoms with Crippen LogP contribution in [0.15, 0.2) is 48.7 Å². The van der Waals surface area contributed by atoms with E-state index in [0.717, 1.165) is 5.56 Å². The van der Waals surface area contributed by atoms with E-state index in [-0.39, 0.29) is 5.75 Å². The highest BCUT2D eigenvalue weighted by Crippen LogP contribution is 2.28. The Balaban J connectivity index is 1.92. The van der Waals surface area contributed by atoms with Gasteiger partial charge >= 0.3 is 0 Å². The second-order valence-corrected chi connectivity index (χ2v) is 4.21. The number of nitrogens with zero attached hydrogens (tertiary/aromatic N) is 2. The number of phenols is 1. The highest BCUT2D eigenvalue weighted by molar-refractivity contribution is 5.93. The summed E-state index contributed by atoms with van der Waals surface area (Å²) in [6, 6.07) is 12.9. The fraction of sp³-hybridized carbons (Fsp3) is 0.0714. The highest BCUT2D eigenvalue weighted by Gasteiger charge is 2.11. The molecule has 3 N–H and O–H groups in total. The first-order chi connectivity index (χ1) is 9.25. The van der Waals surface area contributed by atoms with Crippen LogP contribution in [0.1, 0.15) is 5.56 Å². The lowest BCUT2D eigenvalue weighted by atomic mass is 10.2. The van der Waals surface area contributed by atoms with Crippen LogP contribution in [0.5, 0.6) is 5.75 Å². The zero-order valence-corrected chi connectivity index (χ0v) is 10.2. The third kappa shape index (κ3) is 2.06. The molecule has 0 unspecified atom stereocenters. The molecule has 0 spiro atoms. The van der Waals surface area contributed by atoms with Crippen molar-refractivity contribution in [3.63, 3.8) is 0 Å². The van der Waals surface area contributed by atoms with Gasteiger partial charge in [-0.05, 0) is 17.7 Å². The molecule has 0 fully saturated rings. The molecule has 5 heteroatoms. The van der Waals surface area contributed by atoms with Crippen LogP contribution in [0, 0.1) is 0 Å². The van der Waals surface area contributed by atoms with Crippen molar-refractivity contribution in [2.75, 3.05) is 5.73 Å². The van der Waals surface area contributed by atoms with Gasteiger partial charge in [-0.3, -0.25) is 0 Å². The molecule has 1 aromatic heterocycles. The van der Waals surface area contributed by atoms with Crippen LogP contribution in [-0.2, 0) is 6.61 Å². The van der Waals surface area contributed by atoms with Gasteiger partial charge in [0.2, 0.25) is 0 Å². The number of rotatable bonds is 3. The second-order valence-electron chi connectivity index (χ2n) is 4.21. The van der Waals surface area contributed by atoms with Crippen LogP contribution < -0.4 is 10.6 Å². The summed E-state index contributed by atoms with van der Waals surface area (Å²) in [5.41, 5.74) is 7.89. The van der Waals surface area contributed by atoms with Crippen LogP contribution in [0.25, 0.3) is 10.9 Å². The van der Waals surface area contributed by atoms with Crippen molar-refractivity contribution in [3.05, 3.63) is 54.2 Å². The smallest absolute Gasteiger partial charge is 0.154 e. The van der Waals surface area contributed by atoms with Crippen LogP contribution in [-0.4, -0.2) is 15.1 Å². The molecular formula is C14H13N3O2. The maximum atomic E-state index is 9.87. The number of aromatic nitrogens is 2. The van der Waals surface area contributed by atoms with E-state index in [4.69, 9.17) is 10.6 Å². The first kappa shape index (κ1) is 11.4. The molecule has 0 aliphatic heterocycles. The molecule has 1 heterocycles. The minimum absolute atomic E-state index is 0.0924. The van der Waals surface area contributed by atoms with E-state index in [2.05, 4.69) is 5.10 Å². The van der Waals surface area contributed by atoms with Gasteiger partial charge in [-0.2, -0.15) is 0 Å². The Morgan fingerprint density at radius 3 is 2.74 bits per heavy atom. The van der Waals surface area contributed by atoms with Crippen molar-refractivity contribution >= 4 is 16.6 Å². The Hall–Kier alpha value is -2.69. The molecule has 5 nitrogen and oxygen atoms in total. The average molecular weight is 255 g/mol. The lowest BCUT2D eigenvalue weighted by Gasteiger charge is -2.07. The summed E-state index contributed by atoms with van der Waals surface area (Å²) in [6.07, 6.45) is 1.58. The minimum Gasteiger partial charge on any atom is -0.506 e. The molecule has 19 heavy (non-hydrogen) atoms. The van der Waals surface area contributed by atoms with Crippen molar-refractivity contribution in [3.8, 4) is 5.75 Å². The van der Waals surface area contributed by atoms with Crippen molar-refractivity contribution < 1.29 is 9.94 Å². The summed E-state index contributed by atoms with van der Waals surface area (Å²) >= 11 is 0. The van der Waals surface area contributed by atoms with Crippen LogP contribution >= 0.6 is 0 Å². The minimum atomic E-state index is 0.0924. The number of fused-ring (bicyclic) bond motifs is 1. The Labute approximate surface area is 109 Å². The first-order valence-corrected chi connectivity index (χ1v) is 5.88. The molecule has 3 aromatic rings. The molecule has 0 bridgehead atoms. The number of nitrogen functional groups attached to an aromatic ring is 1. The Bertz CT molecular complexity index is 707. The number of benzene rings is 2. The number of phenolic OH excluding ortho intramolecular Hbond substituents is 1. The predicted octanol–water partition coefficient (Wildman–Crippen LogP) is 1.95. The van der Waals surface area contributed by atoms with E-state index < -0.39 is 0 Å². The molecular weight excluding hydrogens is 242 g/mol. The predicted molar refractivity (Wildman–Crippen MR) is 72.5 cm³/mol. The van der Waals surface area contributed by atoms with E-state index in [0.29, 0.717) is 23.2 Å². The maximum Gasteiger partial charge on any atom is 0.154 e. The number of aromatic hydroxyl groups is 1. The summed E-state index contributed by atoms with van der Waals surface area (Å²) < 4.78 is 0. The lowest BCUT2D eigenvalue weighted by Crippen LogP contribution is -2.12. The monoisotopic (exact) mass is 255 g/mol. The van der Waals surface area contributed by atoms with E-state index in [1.807, 2.05) is 30.3 Å². The quantitative estimate of drug-likeness (QED) is 0.554. The molecule has 0 radical (unpaired) electrons. The third-order valence-corrected chi connectivity index (χ3v) is 2.91. The van der Waals surface area contributed by atoms with Gasteiger partial charge in [-0.15, -0.1) is 5.10 Å². The molecule has 0 saturated heterocycles. The molecule has 0 aliphatic carbocycles. The Morgan fingerprint density at radius 1 is 1.16 bits per heavy atom. The zero-order chi connectivity index (χ0) is 13.2. The van der Waals surface area contributed by atoms with Gasteiger partial charge in [0, 0.05) is 5.69 Å². The molecule has 0 aliphatic rings. The van der Waals surface area contributed by atoms with Crippen molar-refractivity contribution in [2.24, 2.45) is 0 Å². The normalized spacial score (nSPS) is 10.7. The van der Waals surface area contributed by atoms with E-state index in [1.165, 1.54) is 10.9 Å². The van der Waals surface area contributed by atoms with Crippen LogP contribution in [0.2, 0.25) is 0 Å². The second kappa shape index (κ2) is 4.53. The summed E-state index contributed by atoms with van der Waals surface area (Å²) in [5, 5.41) is 14.6. The van der Waals surface area contributed by atoms with Gasteiger partial charge in [0.25, 0.3) is 0 Å². The number of anilines is 1. The largest absolute Gasteiger partial charge is 0.506 e. The topological polar surface area (TPSA) is 73.3 Å². The first-order valence-electron chi connectivity index (χ1n) is 5.88. The van der Waals surface area contributed by atoms with E-state index in [1.54, 1.807) is 12.3 Å². The van der Waals surface area contributed by atoms with Gasteiger partial charge in [0.05, 0.1) is 11.6 Å². The molecule has 0 amide bonds. The van der Waals surface area contributed by atoms with Crippen molar-refractivity contribution in [1.82, 2.24) is 9.94 Å². The van der Waals surface area contributed by atoms with E-state index in [9.17, 15) is 5.11 Å². The summed E-state index contributed by atoms with van der Waals surface area (Å²) in [4.78, 5) is 6.87. The highest BCUT2D eigenvalue weighted by atomic mass is 16.7. The van der Waals surface area contributed by atoms with Gasteiger partial charge in [-0.1, -0.05) is 35.2 Å². The molecule has 96 valence electrons. The average Bonchev–Trinajstić information content (AvgIpc) is 2.87. The molecule has 0 atom stereocenters. The Morgan fingerprint density at radius 2 is 1.95 bits per heavy atom. The fourth-order valence-electron chi connectivity index (χ4n) is 1.92. The molecule has 3 rings (SSSR count). The van der Waals surface area contributed by atoms with Crippen molar-refractivity contribution in [1.29, 1.82) is 0 Å².